The monoisotopic (exact) mass is 218 g/mol. The van der Waals surface area contributed by atoms with E-state index in [1.165, 1.54) is 0 Å². The molecule has 0 aliphatic carbocycles. The van der Waals surface area contributed by atoms with Gasteiger partial charge in [0.1, 0.15) is 10.6 Å². The summed E-state index contributed by atoms with van der Waals surface area (Å²) < 4.78 is 30.1. The Morgan fingerprint density at radius 2 is 1.86 bits per heavy atom. The maximum atomic E-state index is 10.7. The molecule has 14 heavy (non-hydrogen) atoms. The van der Waals surface area contributed by atoms with Crippen LogP contribution in [0, 0.1) is 0 Å². The number of carboxylic acids is 1. The lowest BCUT2D eigenvalue weighted by Crippen LogP contribution is -2.08. The number of carbonyl (C=O) groups is 1. The van der Waals surface area contributed by atoms with Crippen LogP contribution >= 0.6 is 0 Å². The van der Waals surface area contributed by atoms with Crippen LogP contribution in [0.15, 0.2) is 23.1 Å². The van der Waals surface area contributed by atoms with E-state index in [0.717, 1.165) is 18.2 Å². The highest BCUT2D eigenvalue weighted by Crippen LogP contribution is 2.25. The third kappa shape index (κ3) is 1.83. The summed E-state index contributed by atoms with van der Waals surface area (Å²) >= 11 is 0. The van der Waals surface area contributed by atoms with Crippen molar-refractivity contribution >= 4 is 16.1 Å². The van der Waals surface area contributed by atoms with Gasteiger partial charge < -0.3 is 10.2 Å². The lowest BCUT2D eigenvalue weighted by atomic mass is 10.2. The summed E-state index contributed by atoms with van der Waals surface area (Å²) in [4.78, 5) is 9.54. The van der Waals surface area contributed by atoms with Crippen molar-refractivity contribution in [3.63, 3.8) is 0 Å². The summed E-state index contributed by atoms with van der Waals surface area (Å²) in [6, 6.07) is 3.09. The zero-order chi connectivity index (χ0) is 10.9. The van der Waals surface area contributed by atoms with Crippen LogP contribution in [0.4, 0.5) is 0 Å². The van der Waals surface area contributed by atoms with Crippen LogP contribution in [0.2, 0.25) is 0 Å². The maximum Gasteiger partial charge on any atom is 0.337 e. The maximum absolute atomic E-state index is 10.7. The molecule has 0 amide bonds. The van der Waals surface area contributed by atoms with Crippen molar-refractivity contribution in [1.82, 2.24) is 0 Å². The molecule has 0 aliphatic rings. The van der Waals surface area contributed by atoms with Gasteiger partial charge >= 0.3 is 5.97 Å². The Hall–Kier alpha value is -1.60. The highest BCUT2D eigenvalue weighted by Gasteiger charge is 2.23. The average Bonchev–Trinajstić information content (AvgIpc) is 2.01. The molecular weight excluding hydrogens is 212 g/mol. The number of phenols is 1. The first kappa shape index (κ1) is 10.5. The van der Waals surface area contributed by atoms with Gasteiger partial charge in [0, 0.05) is 0 Å². The molecule has 7 heteroatoms. The highest BCUT2D eigenvalue weighted by atomic mass is 32.2. The largest absolute Gasteiger partial charge is 0.506 e. The van der Waals surface area contributed by atoms with Crippen LogP contribution in [-0.2, 0) is 10.1 Å². The first-order valence-electron chi connectivity index (χ1n) is 3.37. The number of carboxylic acid groups (broad SMARTS) is 1. The molecular formula is C7H6O6S. The van der Waals surface area contributed by atoms with Gasteiger partial charge in [-0.3, -0.25) is 4.55 Å². The second-order valence-corrected chi connectivity index (χ2v) is 3.79. The molecule has 0 spiro atoms. The molecule has 6 nitrogen and oxygen atoms in total. The van der Waals surface area contributed by atoms with E-state index >= 15 is 0 Å². The van der Waals surface area contributed by atoms with E-state index in [2.05, 4.69) is 0 Å². The molecule has 0 unspecified atom stereocenters. The van der Waals surface area contributed by atoms with E-state index in [4.69, 9.17) is 14.8 Å². The van der Waals surface area contributed by atoms with E-state index < -0.39 is 32.3 Å². The van der Waals surface area contributed by atoms with Crippen LogP contribution in [0.3, 0.4) is 0 Å². The second-order valence-electron chi connectivity index (χ2n) is 2.43. The minimum absolute atomic E-state index is 0.674. The van der Waals surface area contributed by atoms with Crippen molar-refractivity contribution in [2.45, 2.75) is 4.90 Å². The Bertz CT molecular complexity index is 475. The predicted octanol–water partition coefficient (Wildman–Crippen LogP) is 0.337. The van der Waals surface area contributed by atoms with Gasteiger partial charge in [0.25, 0.3) is 10.1 Å². The molecule has 0 aliphatic heterocycles. The summed E-state index contributed by atoms with van der Waals surface area (Å²) in [5.74, 6) is -2.35. The molecule has 0 atom stereocenters. The summed E-state index contributed by atoms with van der Waals surface area (Å²) in [5, 5.41) is 17.6. The van der Waals surface area contributed by atoms with Crippen LogP contribution in [0.1, 0.15) is 10.4 Å². The molecule has 0 radical (unpaired) electrons. The number of benzene rings is 1. The van der Waals surface area contributed by atoms with E-state index in [9.17, 15) is 13.2 Å². The third-order valence-corrected chi connectivity index (χ3v) is 2.43. The first-order chi connectivity index (χ1) is 6.34. The van der Waals surface area contributed by atoms with Gasteiger partial charge in [-0.05, 0) is 12.1 Å². The summed E-state index contributed by atoms with van der Waals surface area (Å²) in [6.45, 7) is 0. The first-order valence-corrected chi connectivity index (χ1v) is 4.81. The fourth-order valence-electron chi connectivity index (χ4n) is 0.964. The van der Waals surface area contributed by atoms with Crippen molar-refractivity contribution < 1.29 is 28.0 Å². The Balaban J connectivity index is 3.62. The third-order valence-electron chi connectivity index (χ3n) is 1.48. The van der Waals surface area contributed by atoms with E-state index in [1.807, 2.05) is 0 Å². The summed E-state index contributed by atoms with van der Waals surface area (Å²) in [5.41, 5.74) is -0.674. The molecule has 3 N–H and O–H groups in total. The van der Waals surface area contributed by atoms with E-state index in [0.29, 0.717) is 0 Å². The van der Waals surface area contributed by atoms with E-state index in [1.54, 1.807) is 0 Å². The number of hydrogen-bond acceptors (Lipinski definition) is 4. The molecule has 0 bridgehead atoms. The normalized spacial score (nSPS) is 11.2. The van der Waals surface area contributed by atoms with Gasteiger partial charge in [0.05, 0.1) is 5.56 Å². The van der Waals surface area contributed by atoms with Crippen molar-refractivity contribution in [2.24, 2.45) is 0 Å². The zero-order valence-electron chi connectivity index (χ0n) is 6.71. The van der Waals surface area contributed by atoms with Gasteiger partial charge in [-0.25, -0.2) is 4.79 Å². The molecule has 76 valence electrons. The summed E-state index contributed by atoms with van der Waals surface area (Å²) in [6.07, 6.45) is 0. The average molecular weight is 218 g/mol. The number of aromatic hydroxyl groups is 1. The number of aromatic carboxylic acids is 1. The lowest BCUT2D eigenvalue weighted by molar-refractivity contribution is 0.0691. The predicted molar refractivity (Wildman–Crippen MR) is 44.9 cm³/mol. The van der Waals surface area contributed by atoms with Gasteiger partial charge in [0.15, 0.2) is 0 Å². The topological polar surface area (TPSA) is 112 Å². The molecule has 1 rings (SSSR count). The number of phenolic OH excluding ortho intramolecular Hbond substituents is 1. The van der Waals surface area contributed by atoms with Crippen LogP contribution < -0.4 is 0 Å². The Kier molecular flexibility index (Phi) is 2.45. The second kappa shape index (κ2) is 3.28. The minimum atomic E-state index is -4.74. The molecule has 1 aromatic rings. The van der Waals surface area contributed by atoms with Gasteiger partial charge in [-0.2, -0.15) is 8.42 Å². The lowest BCUT2D eigenvalue weighted by Gasteiger charge is -2.04. The van der Waals surface area contributed by atoms with Gasteiger partial charge in [0.2, 0.25) is 0 Å². The van der Waals surface area contributed by atoms with Crippen LogP contribution in [0.5, 0.6) is 5.75 Å². The van der Waals surface area contributed by atoms with Crippen molar-refractivity contribution in [3.8, 4) is 5.75 Å². The number of hydrogen-bond donors (Lipinski definition) is 3. The highest BCUT2D eigenvalue weighted by molar-refractivity contribution is 7.86. The van der Waals surface area contributed by atoms with Gasteiger partial charge in [-0.15, -0.1) is 0 Å². The fourth-order valence-corrected chi connectivity index (χ4v) is 1.73. The summed E-state index contributed by atoms with van der Waals surface area (Å²) in [7, 11) is -4.74. The van der Waals surface area contributed by atoms with Crippen molar-refractivity contribution in [3.05, 3.63) is 23.8 Å². The molecule has 0 heterocycles. The fraction of sp³-hybridized carbons (Fsp3) is 0. The molecule has 0 saturated heterocycles. The SMILES string of the molecule is O=C(O)c1cccc(O)c1S(=O)(=O)O. The Labute approximate surface area is 79.2 Å². The standard InChI is InChI=1S/C7H6O6S/c8-5-3-1-2-4(7(9)10)6(5)14(11,12)13/h1-3,8H,(H,9,10)(H,11,12,13). The quantitative estimate of drug-likeness (QED) is 0.617. The zero-order valence-corrected chi connectivity index (χ0v) is 7.52. The van der Waals surface area contributed by atoms with E-state index in [-0.39, 0.29) is 0 Å². The molecule has 0 fully saturated rings. The van der Waals surface area contributed by atoms with Crippen LogP contribution in [-0.4, -0.2) is 29.2 Å². The van der Waals surface area contributed by atoms with Crippen LogP contribution in [0.25, 0.3) is 0 Å². The Morgan fingerprint density at radius 3 is 2.21 bits per heavy atom. The molecule has 0 saturated carbocycles. The van der Waals surface area contributed by atoms with Gasteiger partial charge in [-0.1, -0.05) is 6.07 Å². The number of rotatable bonds is 2. The minimum Gasteiger partial charge on any atom is -0.506 e. The van der Waals surface area contributed by atoms with Crippen molar-refractivity contribution in [2.75, 3.05) is 0 Å². The smallest absolute Gasteiger partial charge is 0.337 e. The molecule has 0 aromatic heterocycles. The van der Waals surface area contributed by atoms with Crippen molar-refractivity contribution in [1.29, 1.82) is 0 Å². The molecule has 1 aromatic carbocycles. The Morgan fingerprint density at radius 1 is 1.29 bits per heavy atom.